The van der Waals surface area contributed by atoms with Gasteiger partial charge in [0.1, 0.15) is 0 Å². The van der Waals surface area contributed by atoms with Crippen molar-refractivity contribution in [2.75, 3.05) is 0 Å². The van der Waals surface area contributed by atoms with Gasteiger partial charge < -0.3 is 5.73 Å². The quantitative estimate of drug-likeness (QED) is 0.906. The van der Waals surface area contributed by atoms with Crippen molar-refractivity contribution in [1.82, 2.24) is 9.78 Å². The van der Waals surface area contributed by atoms with Gasteiger partial charge in [-0.25, -0.2) is 0 Å². The fourth-order valence-corrected chi connectivity index (χ4v) is 1.78. The number of nitrogens with zero attached hydrogens (tertiary/aromatic N) is 2. The van der Waals surface area contributed by atoms with Crippen LogP contribution in [0.5, 0.6) is 0 Å². The minimum Gasteiger partial charge on any atom is -0.325 e. The average molecular weight is 266 g/mol. The van der Waals surface area contributed by atoms with E-state index in [1.165, 1.54) is 0 Å². The molecule has 0 fully saturated rings. The van der Waals surface area contributed by atoms with Crippen LogP contribution in [0.15, 0.2) is 34.8 Å². The molecule has 0 atom stereocenters. The maximum Gasteiger partial charge on any atom is 0.0766 e. The molecule has 1 aromatic heterocycles. The highest BCUT2D eigenvalue weighted by Crippen LogP contribution is 2.21. The van der Waals surface area contributed by atoms with Crippen LogP contribution >= 0.6 is 15.9 Å². The van der Waals surface area contributed by atoms with E-state index in [9.17, 15) is 0 Å². The van der Waals surface area contributed by atoms with Crippen molar-refractivity contribution in [3.05, 3.63) is 40.5 Å². The molecule has 2 aromatic rings. The number of aryl methyl sites for hydroxylation is 1. The zero-order valence-electron chi connectivity index (χ0n) is 8.44. The third-order valence-electron chi connectivity index (χ3n) is 2.28. The first-order chi connectivity index (χ1) is 7.20. The molecule has 1 aromatic carbocycles. The molecule has 0 aliphatic heterocycles. The largest absolute Gasteiger partial charge is 0.325 e. The molecule has 78 valence electrons. The Hall–Kier alpha value is -1.13. The lowest BCUT2D eigenvalue weighted by Gasteiger charge is -2.01. The van der Waals surface area contributed by atoms with Gasteiger partial charge in [0.25, 0.3) is 0 Å². The zero-order chi connectivity index (χ0) is 10.8. The van der Waals surface area contributed by atoms with Crippen LogP contribution in [-0.4, -0.2) is 9.78 Å². The Morgan fingerprint density at radius 2 is 2.00 bits per heavy atom. The van der Waals surface area contributed by atoms with E-state index >= 15 is 0 Å². The molecular weight excluding hydrogens is 254 g/mol. The van der Waals surface area contributed by atoms with Crippen LogP contribution in [0.1, 0.15) is 5.69 Å². The molecule has 2 rings (SSSR count). The molecule has 0 radical (unpaired) electrons. The number of hydrogen-bond donors (Lipinski definition) is 1. The van der Waals surface area contributed by atoms with E-state index in [0.717, 1.165) is 21.4 Å². The molecule has 2 N–H and O–H groups in total. The first-order valence-corrected chi connectivity index (χ1v) is 5.49. The van der Waals surface area contributed by atoms with Crippen LogP contribution in [0, 0.1) is 0 Å². The molecule has 0 saturated heterocycles. The fourth-order valence-electron chi connectivity index (χ4n) is 1.52. The Labute approximate surface area is 97.0 Å². The van der Waals surface area contributed by atoms with Gasteiger partial charge in [0.15, 0.2) is 0 Å². The maximum absolute atomic E-state index is 5.55. The van der Waals surface area contributed by atoms with Gasteiger partial charge in [-0.15, -0.1) is 0 Å². The molecule has 0 bridgehead atoms. The predicted molar refractivity (Wildman–Crippen MR) is 64.2 cm³/mol. The highest BCUT2D eigenvalue weighted by Gasteiger charge is 2.05. The zero-order valence-corrected chi connectivity index (χ0v) is 10.0. The monoisotopic (exact) mass is 265 g/mol. The van der Waals surface area contributed by atoms with Gasteiger partial charge in [-0.05, 0) is 23.8 Å². The van der Waals surface area contributed by atoms with Crippen LogP contribution in [0.3, 0.4) is 0 Å². The molecule has 3 nitrogen and oxygen atoms in total. The van der Waals surface area contributed by atoms with E-state index in [-0.39, 0.29) is 0 Å². The van der Waals surface area contributed by atoms with E-state index in [1.807, 2.05) is 29.9 Å². The Bertz CT molecular complexity index is 459. The molecule has 4 heteroatoms. The van der Waals surface area contributed by atoms with Gasteiger partial charge >= 0.3 is 0 Å². The minimum atomic E-state index is 0.477. The predicted octanol–water partition coefficient (Wildman–Crippen LogP) is 2.31. The van der Waals surface area contributed by atoms with Crippen molar-refractivity contribution in [3.8, 4) is 11.3 Å². The summed E-state index contributed by atoms with van der Waals surface area (Å²) in [6.45, 7) is 0.477. The topological polar surface area (TPSA) is 43.8 Å². The third-order valence-corrected chi connectivity index (χ3v) is 2.81. The summed E-state index contributed by atoms with van der Waals surface area (Å²) < 4.78 is 2.93. The summed E-state index contributed by atoms with van der Waals surface area (Å²) >= 11 is 3.41. The summed E-state index contributed by atoms with van der Waals surface area (Å²) in [7, 11) is 1.93. The molecule has 0 amide bonds. The highest BCUT2D eigenvalue weighted by molar-refractivity contribution is 9.10. The Balaban J connectivity index is 2.44. The molecule has 15 heavy (non-hydrogen) atoms. The molecule has 0 spiro atoms. The van der Waals surface area contributed by atoms with Crippen molar-refractivity contribution < 1.29 is 0 Å². The summed E-state index contributed by atoms with van der Waals surface area (Å²) in [5.74, 6) is 0. The molecule has 0 unspecified atom stereocenters. The van der Waals surface area contributed by atoms with Crippen LogP contribution in [0.2, 0.25) is 0 Å². The van der Waals surface area contributed by atoms with Crippen LogP contribution in [0.4, 0.5) is 0 Å². The van der Waals surface area contributed by atoms with Gasteiger partial charge in [-0.1, -0.05) is 28.1 Å². The Morgan fingerprint density at radius 3 is 2.53 bits per heavy atom. The van der Waals surface area contributed by atoms with Gasteiger partial charge in [-0.3, -0.25) is 4.68 Å². The Morgan fingerprint density at radius 1 is 1.33 bits per heavy atom. The summed E-state index contributed by atoms with van der Waals surface area (Å²) in [5, 5.41) is 4.31. The van der Waals surface area contributed by atoms with Gasteiger partial charge in [-0.2, -0.15) is 5.10 Å². The smallest absolute Gasteiger partial charge is 0.0766 e. The van der Waals surface area contributed by atoms with E-state index in [0.29, 0.717) is 6.54 Å². The lowest BCUT2D eigenvalue weighted by molar-refractivity contribution is 0.749. The Kier molecular flexibility index (Phi) is 2.88. The van der Waals surface area contributed by atoms with Gasteiger partial charge in [0.2, 0.25) is 0 Å². The second-order valence-electron chi connectivity index (χ2n) is 3.36. The van der Waals surface area contributed by atoms with E-state index in [1.54, 1.807) is 0 Å². The van der Waals surface area contributed by atoms with Gasteiger partial charge in [0, 0.05) is 18.1 Å². The van der Waals surface area contributed by atoms with E-state index < -0.39 is 0 Å². The highest BCUT2D eigenvalue weighted by atomic mass is 79.9. The summed E-state index contributed by atoms with van der Waals surface area (Å²) in [5.41, 5.74) is 8.70. The lowest BCUT2D eigenvalue weighted by Crippen LogP contribution is -1.98. The average Bonchev–Trinajstić information content (AvgIpc) is 2.61. The second-order valence-corrected chi connectivity index (χ2v) is 4.27. The fraction of sp³-hybridized carbons (Fsp3) is 0.182. The van der Waals surface area contributed by atoms with E-state index in [2.05, 4.69) is 33.2 Å². The van der Waals surface area contributed by atoms with Crippen molar-refractivity contribution in [2.24, 2.45) is 12.8 Å². The number of benzene rings is 1. The first-order valence-electron chi connectivity index (χ1n) is 4.69. The summed E-state index contributed by atoms with van der Waals surface area (Å²) in [6.07, 6.45) is 0. The molecule has 0 aliphatic rings. The summed E-state index contributed by atoms with van der Waals surface area (Å²) in [6, 6.07) is 10.2. The van der Waals surface area contributed by atoms with Crippen LogP contribution in [0.25, 0.3) is 11.3 Å². The first kappa shape index (κ1) is 10.4. The number of halogens is 1. The van der Waals surface area contributed by atoms with Crippen molar-refractivity contribution in [2.45, 2.75) is 6.54 Å². The molecule has 0 aliphatic carbocycles. The third kappa shape index (κ3) is 2.11. The van der Waals surface area contributed by atoms with Crippen LogP contribution in [-0.2, 0) is 13.6 Å². The maximum atomic E-state index is 5.55. The normalized spacial score (nSPS) is 10.6. The van der Waals surface area contributed by atoms with Crippen molar-refractivity contribution in [3.63, 3.8) is 0 Å². The van der Waals surface area contributed by atoms with Gasteiger partial charge in [0.05, 0.1) is 11.4 Å². The summed E-state index contributed by atoms with van der Waals surface area (Å²) in [4.78, 5) is 0. The van der Waals surface area contributed by atoms with Crippen molar-refractivity contribution >= 4 is 15.9 Å². The molecular formula is C11H12BrN3. The lowest BCUT2D eigenvalue weighted by atomic mass is 10.1. The SMILES string of the molecule is Cn1nc(CN)cc1-c1ccc(Br)cc1. The van der Waals surface area contributed by atoms with Crippen LogP contribution < -0.4 is 5.73 Å². The number of hydrogen-bond acceptors (Lipinski definition) is 2. The number of aromatic nitrogens is 2. The van der Waals surface area contributed by atoms with E-state index in [4.69, 9.17) is 5.73 Å². The molecule has 1 heterocycles. The minimum absolute atomic E-state index is 0.477. The number of nitrogens with two attached hydrogens (primary N) is 1. The number of rotatable bonds is 2. The second kappa shape index (κ2) is 4.16. The van der Waals surface area contributed by atoms with Crippen molar-refractivity contribution in [1.29, 1.82) is 0 Å². The molecule has 0 saturated carbocycles. The standard InChI is InChI=1S/C11H12BrN3/c1-15-11(6-10(7-13)14-15)8-2-4-9(12)5-3-8/h2-6H,7,13H2,1H3.